The summed E-state index contributed by atoms with van der Waals surface area (Å²) >= 11 is 0. The molecule has 0 aliphatic rings. The molecule has 1 heterocycles. The van der Waals surface area contributed by atoms with Crippen LogP contribution in [0.1, 0.15) is 54.3 Å². The summed E-state index contributed by atoms with van der Waals surface area (Å²) in [6.45, 7) is 9.14. The van der Waals surface area contributed by atoms with Crippen molar-refractivity contribution >= 4 is 11.9 Å². The van der Waals surface area contributed by atoms with Crippen molar-refractivity contribution in [3.05, 3.63) is 52.9 Å². The second-order valence-corrected chi connectivity index (χ2v) is 6.50. The van der Waals surface area contributed by atoms with Crippen LogP contribution in [0.3, 0.4) is 0 Å². The van der Waals surface area contributed by atoms with Crippen LogP contribution in [-0.4, -0.2) is 23.1 Å². The molecule has 0 bridgehead atoms. The van der Waals surface area contributed by atoms with E-state index in [0.29, 0.717) is 17.0 Å². The van der Waals surface area contributed by atoms with Crippen molar-refractivity contribution in [1.82, 2.24) is 10.5 Å². The third-order valence-corrected chi connectivity index (χ3v) is 3.88. The molecule has 25 heavy (non-hydrogen) atoms. The number of carbonyl (C=O) groups excluding carboxylic acids is 2. The number of rotatable bonds is 6. The second-order valence-electron chi connectivity index (χ2n) is 6.50. The maximum Gasteiger partial charge on any atom is 0.329 e. The van der Waals surface area contributed by atoms with Gasteiger partial charge < -0.3 is 14.6 Å². The molecular weight excluding hydrogens is 320 g/mol. The van der Waals surface area contributed by atoms with E-state index >= 15 is 0 Å². The lowest BCUT2D eigenvalue weighted by Gasteiger charge is -2.22. The first-order chi connectivity index (χ1) is 11.8. The van der Waals surface area contributed by atoms with Crippen molar-refractivity contribution in [2.75, 3.05) is 0 Å². The van der Waals surface area contributed by atoms with E-state index < -0.39 is 18.1 Å². The average molecular weight is 344 g/mol. The number of hydrogen-bond donors (Lipinski definition) is 1. The summed E-state index contributed by atoms with van der Waals surface area (Å²) in [5.74, 6) is -0.275. The minimum atomic E-state index is -0.746. The molecule has 1 aromatic heterocycles. The molecule has 2 aromatic rings. The van der Waals surface area contributed by atoms with E-state index in [2.05, 4.69) is 10.5 Å². The maximum absolute atomic E-state index is 12.5. The van der Waals surface area contributed by atoms with Gasteiger partial charge in [-0.2, -0.15) is 0 Å². The highest BCUT2D eigenvalue weighted by Gasteiger charge is 2.28. The third-order valence-electron chi connectivity index (χ3n) is 3.88. The van der Waals surface area contributed by atoms with Crippen LogP contribution in [0.5, 0.6) is 0 Å². The number of esters is 1. The van der Waals surface area contributed by atoms with E-state index in [0.717, 1.165) is 5.56 Å². The monoisotopic (exact) mass is 344 g/mol. The molecule has 6 heteroatoms. The zero-order chi connectivity index (χ0) is 18.6. The lowest BCUT2D eigenvalue weighted by atomic mass is 10.0. The Morgan fingerprint density at radius 2 is 1.76 bits per heavy atom. The normalized spacial score (nSPS) is 13.4. The number of benzene rings is 1. The fourth-order valence-electron chi connectivity index (χ4n) is 2.31. The molecule has 134 valence electrons. The summed E-state index contributed by atoms with van der Waals surface area (Å²) in [6.07, 6.45) is -0.553. The van der Waals surface area contributed by atoms with Crippen LogP contribution in [0.25, 0.3) is 0 Å². The lowest BCUT2D eigenvalue weighted by Crippen LogP contribution is -2.45. The van der Waals surface area contributed by atoms with Crippen LogP contribution in [0.2, 0.25) is 0 Å². The van der Waals surface area contributed by atoms with Gasteiger partial charge in [0.15, 0.2) is 0 Å². The molecule has 0 fully saturated rings. The fraction of sp³-hybridized carbons (Fsp3) is 0.421. The van der Waals surface area contributed by atoms with Crippen molar-refractivity contribution in [1.29, 1.82) is 0 Å². The molecule has 1 N–H and O–H groups in total. The fourth-order valence-corrected chi connectivity index (χ4v) is 2.31. The first kappa shape index (κ1) is 18.7. The van der Waals surface area contributed by atoms with Gasteiger partial charge in [0, 0.05) is 11.6 Å². The number of nitrogens with zero attached hydrogens (tertiary/aromatic N) is 1. The zero-order valence-corrected chi connectivity index (χ0v) is 15.2. The number of aryl methyl sites for hydroxylation is 2. The largest absolute Gasteiger partial charge is 0.454 e. The molecule has 0 saturated heterocycles. The molecule has 0 radical (unpaired) electrons. The molecule has 0 spiro atoms. The van der Waals surface area contributed by atoms with E-state index in [9.17, 15) is 9.59 Å². The molecular formula is C19H24N2O4. The topological polar surface area (TPSA) is 81.4 Å². The van der Waals surface area contributed by atoms with Gasteiger partial charge in [-0.3, -0.25) is 4.79 Å². The Bertz CT molecular complexity index is 734. The van der Waals surface area contributed by atoms with E-state index in [1.54, 1.807) is 32.0 Å². The SMILES string of the molecule is Cc1ccc(C(=O)NC(C(=O)OC(C)c2cc(C)on2)C(C)C)cc1. The Morgan fingerprint density at radius 1 is 1.12 bits per heavy atom. The van der Waals surface area contributed by atoms with Gasteiger partial charge in [-0.1, -0.05) is 36.7 Å². The van der Waals surface area contributed by atoms with Gasteiger partial charge in [0.1, 0.15) is 23.6 Å². The van der Waals surface area contributed by atoms with Gasteiger partial charge in [-0.25, -0.2) is 4.79 Å². The molecule has 2 unspecified atom stereocenters. The van der Waals surface area contributed by atoms with Gasteiger partial charge in [-0.15, -0.1) is 0 Å². The highest BCUT2D eigenvalue weighted by atomic mass is 16.5. The van der Waals surface area contributed by atoms with Gasteiger partial charge in [-0.05, 0) is 38.8 Å². The Balaban J connectivity index is 2.05. The Labute approximate surface area is 147 Å². The van der Waals surface area contributed by atoms with Crippen LogP contribution >= 0.6 is 0 Å². The third kappa shape index (κ3) is 4.92. The number of carbonyl (C=O) groups is 2. The molecule has 0 aliphatic carbocycles. The van der Waals surface area contributed by atoms with Crippen LogP contribution in [0.4, 0.5) is 0 Å². The molecule has 6 nitrogen and oxygen atoms in total. The Hall–Kier alpha value is -2.63. The van der Waals surface area contributed by atoms with Crippen LogP contribution in [-0.2, 0) is 9.53 Å². The molecule has 0 saturated carbocycles. The lowest BCUT2D eigenvalue weighted by molar-refractivity contribution is -0.152. The highest BCUT2D eigenvalue weighted by Crippen LogP contribution is 2.18. The second kappa shape index (κ2) is 7.96. The maximum atomic E-state index is 12.5. The minimum Gasteiger partial charge on any atom is -0.454 e. The predicted molar refractivity (Wildman–Crippen MR) is 93.0 cm³/mol. The number of hydrogen-bond acceptors (Lipinski definition) is 5. The minimum absolute atomic E-state index is 0.117. The molecule has 2 rings (SSSR count). The zero-order valence-electron chi connectivity index (χ0n) is 15.2. The van der Waals surface area contributed by atoms with Crippen LogP contribution < -0.4 is 5.32 Å². The molecule has 0 aliphatic heterocycles. The number of ether oxygens (including phenoxy) is 1. The highest BCUT2D eigenvalue weighted by molar-refractivity contribution is 5.96. The summed E-state index contributed by atoms with van der Waals surface area (Å²) in [5, 5.41) is 6.61. The van der Waals surface area contributed by atoms with E-state index in [-0.39, 0.29) is 11.8 Å². The molecule has 2 atom stereocenters. The number of amides is 1. The molecule has 1 aromatic carbocycles. The summed E-state index contributed by atoms with van der Waals surface area (Å²) in [5.41, 5.74) is 2.11. The quantitative estimate of drug-likeness (QED) is 0.813. The van der Waals surface area contributed by atoms with E-state index in [1.165, 1.54) is 0 Å². The molecule has 1 amide bonds. The van der Waals surface area contributed by atoms with Crippen molar-refractivity contribution < 1.29 is 18.8 Å². The van der Waals surface area contributed by atoms with Gasteiger partial charge in [0.2, 0.25) is 0 Å². The van der Waals surface area contributed by atoms with Crippen molar-refractivity contribution in [3.8, 4) is 0 Å². The Morgan fingerprint density at radius 3 is 2.28 bits per heavy atom. The van der Waals surface area contributed by atoms with E-state index in [1.807, 2.05) is 32.9 Å². The van der Waals surface area contributed by atoms with Crippen LogP contribution in [0, 0.1) is 19.8 Å². The van der Waals surface area contributed by atoms with Crippen molar-refractivity contribution in [2.24, 2.45) is 5.92 Å². The van der Waals surface area contributed by atoms with Crippen molar-refractivity contribution in [3.63, 3.8) is 0 Å². The van der Waals surface area contributed by atoms with Gasteiger partial charge in [0.05, 0.1) is 0 Å². The summed E-state index contributed by atoms with van der Waals surface area (Å²) in [7, 11) is 0. The summed E-state index contributed by atoms with van der Waals surface area (Å²) in [6, 6.07) is 8.14. The van der Waals surface area contributed by atoms with Crippen molar-refractivity contribution in [2.45, 2.75) is 46.8 Å². The first-order valence-electron chi connectivity index (χ1n) is 8.29. The standard InChI is InChI=1S/C19H24N2O4/c1-11(2)17(20-18(22)15-8-6-12(3)7-9-15)19(23)24-14(5)16-10-13(4)25-21-16/h6-11,14,17H,1-5H3,(H,20,22). The first-order valence-corrected chi connectivity index (χ1v) is 8.29. The van der Waals surface area contributed by atoms with Crippen LogP contribution in [0.15, 0.2) is 34.9 Å². The summed E-state index contributed by atoms with van der Waals surface area (Å²) in [4.78, 5) is 24.9. The predicted octanol–water partition coefficient (Wildman–Crippen LogP) is 3.35. The Kier molecular flexibility index (Phi) is 5.96. The van der Waals surface area contributed by atoms with Gasteiger partial charge >= 0.3 is 5.97 Å². The van der Waals surface area contributed by atoms with E-state index in [4.69, 9.17) is 9.26 Å². The summed E-state index contributed by atoms with van der Waals surface area (Å²) < 4.78 is 10.4. The average Bonchev–Trinajstić information content (AvgIpc) is 2.99. The number of nitrogens with one attached hydrogen (secondary N) is 1. The smallest absolute Gasteiger partial charge is 0.329 e. The van der Waals surface area contributed by atoms with Gasteiger partial charge in [0.25, 0.3) is 5.91 Å². The number of aromatic nitrogens is 1.